The minimum atomic E-state index is 0.276. The molecule has 0 amide bonds. The molecule has 1 rings (SSSR count). The van der Waals surface area contributed by atoms with E-state index in [1.165, 1.54) is 0 Å². The molecule has 0 aliphatic rings. The smallest absolute Gasteiger partial charge is 0.0966 e. The summed E-state index contributed by atoms with van der Waals surface area (Å²) in [6.45, 7) is 3.67. The molecular formula is C12H9N. The Hall–Kier alpha value is -1.99. The van der Waals surface area contributed by atoms with E-state index in [-0.39, 0.29) is 6.42 Å². The van der Waals surface area contributed by atoms with Crippen LogP contribution in [-0.4, -0.2) is 0 Å². The Labute approximate surface area is 78.3 Å². The standard InChI is InChI=1S/C12H9N/c1-2-11-7-5-8-12(10-11)6-3-4-9-13/h2,5,7-8,10H,1,4H2. The molecule has 13 heavy (non-hydrogen) atoms. The first-order valence-electron chi connectivity index (χ1n) is 3.95. The molecule has 0 aliphatic heterocycles. The van der Waals surface area contributed by atoms with Gasteiger partial charge in [0.15, 0.2) is 0 Å². The molecule has 62 valence electrons. The molecule has 0 N–H and O–H groups in total. The Bertz CT molecular complexity index is 399. The lowest BCUT2D eigenvalue weighted by molar-refractivity contribution is 1.39. The first-order valence-corrected chi connectivity index (χ1v) is 3.95. The number of nitrogens with zero attached hydrogens (tertiary/aromatic N) is 1. The van der Waals surface area contributed by atoms with Gasteiger partial charge in [0.1, 0.15) is 0 Å². The van der Waals surface area contributed by atoms with Crippen LogP contribution in [0.1, 0.15) is 17.5 Å². The van der Waals surface area contributed by atoms with Gasteiger partial charge >= 0.3 is 0 Å². The minimum absolute atomic E-state index is 0.276. The quantitative estimate of drug-likeness (QED) is 0.590. The Kier molecular flexibility index (Phi) is 3.36. The molecule has 0 aromatic heterocycles. The Morgan fingerprint density at radius 1 is 1.46 bits per heavy atom. The highest BCUT2D eigenvalue weighted by atomic mass is 14.2. The average molecular weight is 167 g/mol. The molecule has 1 nitrogen and oxygen atoms in total. The zero-order valence-electron chi connectivity index (χ0n) is 7.25. The second-order valence-corrected chi connectivity index (χ2v) is 2.47. The van der Waals surface area contributed by atoms with Gasteiger partial charge in [-0.05, 0) is 17.7 Å². The normalized spacial score (nSPS) is 7.92. The SMILES string of the molecule is C=Cc1cccc(C#CCC#N)c1. The van der Waals surface area contributed by atoms with Gasteiger partial charge in [0, 0.05) is 5.56 Å². The minimum Gasteiger partial charge on any atom is -0.197 e. The van der Waals surface area contributed by atoms with Crippen LogP contribution < -0.4 is 0 Å². The van der Waals surface area contributed by atoms with Crippen molar-refractivity contribution in [3.05, 3.63) is 42.0 Å². The number of hydrogen-bond donors (Lipinski definition) is 0. The Morgan fingerprint density at radius 3 is 3.00 bits per heavy atom. The van der Waals surface area contributed by atoms with E-state index < -0.39 is 0 Å². The fourth-order valence-corrected chi connectivity index (χ4v) is 0.929. The summed E-state index contributed by atoms with van der Waals surface area (Å²) in [6.07, 6.45) is 2.05. The molecule has 1 heteroatoms. The number of nitriles is 1. The van der Waals surface area contributed by atoms with Gasteiger partial charge in [-0.3, -0.25) is 0 Å². The first kappa shape index (κ1) is 9.10. The maximum Gasteiger partial charge on any atom is 0.0966 e. The van der Waals surface area contributed by atoms with E-state index in [9.17, 15) is 0 Å². The summed E-state index contributed by atoms with van der Waals surface area (Å²) < 4.78 is 0. The van der Waals surface area contributed by atoms with Gasteiger partial charge in [-0.1, -0.05) is 36.6 Å². The predicted molar refractivity (Wildman–Crippen MR) is 53.6 cm³/mol. The summed E-state index contributed by atoms with van der Waals surface area (Å²) in [5.41, 5.74) is 1.97. The summed E-state index contributed by atoms with van der Waals surface area (Å²) in [4.78, 5) is 0. The number of hydrogen-bond acceptors (Lipinski definition) is 1. The van der Waals surface area contributed by atoms with Crippen LogP contribution in [0, 0.1) is 23.2 Å². The Morgan fingerprint density at radius 2 is 2.31 bits per heavy atom. The van der Waals surface area contributed by atoms with E-state index >= 15 is 0 Å². The summed E-state index contributed by atoms with van der Waals surface area (Å²) >= 11 is 0. The maximum atomic E-state index is 8.28. The molecule has 0 heterocycles. The van der Waals surface area contributed by atoms with Gasteiger partial charge in [-0.2, -0.15) is 5.26 Å². The topological polar surface area (TPSA) is 23.8 Å². The van der Waals surface area contributed by atoms with E-state index in [2.05, 4.69) is 18.4 Å². The number of rotatable bonds is 1. The molecule has 1 aromatic rings. The van der Waals surface area contributed by atoms with Gasteiger partial charge in [0.05, 0.1) is 12.5 Å². The molecular weight excluding hydrogens is 158 g/mol. The molecule has 0 bridgehead atoms. The molecule has 0 spiro atoms. The van der Waals surface area contributed by atoms with Crippen molar-refractivity contribution in [2.45, 2.75) is 6.42 Å². The number of benzene rings is 1. The third-order valence-electron chi connectivity index (χ3n) is 1.52. The van der Waals surface area contributed by atoms with Crippen LogP contribution >= 0.6 is 0 Å². The van der Waals surface area contributed by atoms with Crippen molar-refractivity contribution in [1.29, 1.82) is 5.26 Å². The monoisotopic (exact) mass is 167 g/mol. The molecule has 0 unspecified atom stereocenters. The van der Waals surface area contributed by atoms with Gasteiger partial charge in [-0.25, -0.2) is 0 Å². The molecule has 0 aliphatic carbocycles. The lowest BCUT2D eigenvalue weighted by atomic mass is 10.1. The summed E-state index contributed by atoms with van der Waals surface area (Å²) in [6, 6.07) is 9.71. The second-order valence-electron chi connectivity index (χ2n) is 2.47. The van der Waals surface area contributed by atoms with Gasteiger partial charge < -0.3 is 0 Å². The third kappa shape index (κ3) is 2.85. The van der Waals surface area contributed by atoms with Crippen molar-refractivity contribution in [2.24, 2.45) is 0 Å². The summed E-state index contributed by atoms with van der Waals surface area (Å²) in [5.74, 6) is 5.66. The van der Waals surface area contributed by atoms with E-state index in [0.29, 0.717) is 0 Å². The average Bonchev–Trinajstić information content (AvgIpc) is 2.19. The first-order chi connectivity index (χ1) is 6.36. The second kappa shape index (κ2) is 4.80. The van der Waals surface area contributed by atoms with Crippen molar-refractivity contribution in [1.82, 2.24) is 0 Å². The van der Waals surface area contributed by atoms with E-state index in [0.717, 1.165) is 11.1 Å². The lowest BCUT2D eigenvalue weighted by Crippen LogP contribution is -1.75. The van der Waals surface area contributed by atoms with Gasteiger partial charge in [0.25, 0.3) is 0 Å². The van der Waals surface area contributed by atoms with Crippen LogP contribution in [0.4, 0.5) is 0 Å². The fourth-order valence-electron chi connectivity index (χ4n) is 0.929. The van der Waals surface area contributed by atoms with Gasteiger partial charge in [0.2, 0.25) is 0 Å². The van der Waals surface area contributed by atoms with Crippen molar-refractivity contribution < 1.29 is 0 Å². The third-order valence-corrected chi connectivity index (χ3v) is 1.52. The van der Waals surface area contributed by atoms with E-state index in [1.807, 2.05) is 30.3 Å². The maximum absolute atomic E-state index is 8.28. The zero-order chi connectivity index (χ0) is 9.52. The van der Waals surface area contributed by atoms with Crippen LogP contribution in [0.15, 0.2) is 30.8 Å². The van der Waals surface area contributed by atoms with E-state index in [1.54, 1.807) is 6.08 Å². The zero-order valence-corrected chi connectivity index (χ0v) is 7.25. The van der Waals surface area contributed by atoms with Crippen molar-refractivity contribution in [3.8, 4) is 17.9 Å². The largest absolute Gasteiger partial charge is 0.197 e. The van der Waals surface area contributed by atoms with Crippen LogP contribution in [0.3, 0.4) is 0 Å². The highest BCUT2D eigenvalue weighted by Gasteiger charge is 1.87. The lowest BCUT2D eigenvalue weighted by Gasteiger charge is -1.92. The summed E-state index contributed by atoms with van der Waals surface area (Å²) in [7, 11) is 0. The van der Waals surface area contributed by atoms with Crippen LogP contribution in [-0.2, 0) is 0 Å². The van der Waals surface area contributed by atoms with Gasteiger partial charge in [-0.15, -0.1) is 0 Å². The van der Waals surface area contributed by atoms with Crippen LogP contribution in [0.2, 0.25) is 0 Å². The highest BCUT2D eigenvalue weighted by Crippen LogP contribution is 2.04. The predicted octanol–water partition coefficient (Wildman–Crippen LogP) is 2.59. The molecule has 1 aromatic carbocycles. The molecule has 0 fully saturated rings. The van der Waals surface area contributed by atoms with Crippen molar-refractivity contribution in [3.63, 3.8) is 0 Å². The van der Waals surface area contributed by atoms with E-state index in [4.69, 9.17) is 5.26 Å². The fraction of sp³-hybridized carbons (Fsp3) is 0.0833. The molecule has 0 atom stereocenters. The highest BCUT2D eigenvalue weighted by molar-refractivity contribution is 5.51. The van der Waals surface area contributed by atoms with Crippen LogP contribution in [0.5, 0.6) is 0 Å². The molecule has 0 saturated heterocycles. The summed E-state index contributed by atoms with van der Waals surface area (Å²) in [5, 5.41) is 8.28. The molecule has 0 saturated carbocycles. The van der Waals surface area contributed by atoms with Crippen LogP contribution in [0.25, 0.3) is 6.08 Å². The Balaban J connectivity index is 2.86. The van der Waals surface area contributed by atoms with Crippen molar-refractivity contribution >= 4 is 6.08 Å². The van der Waals surface area contributed by atoms with Crippen molar-refractivity contribution in [2.75, 3.05) is 0 Å². The molecule has 0 radical (unpaired) electrons.